The summed E-state index contributed by atoms with van der Waals surface area (Å²) in [6.45, 7) is 1.91. The molecule has 0 bridgehead atoms. The van der Waals surface area contributed by atoms with Crippen LogP contribution >= 0.6 is 23.1 Å². The van der Waals surface area contributed by atoms with E-state index in [0.29, 0.717) is 11.8 Å². The van der Waals surface area contributed by atoms with Gasteiger partial charge in [0.15, 0.2) is 4.34 Å². The Hall–Kier alpha value is -1.48. The maximum absolute atomic E-state index is 12.0. The summed E-state index contributed by atoms with van der Waals surface area (Å²) in [7, 11) is 0. The van der Waals surface area contributed by atoms with Gasteiger partial charge >= 0.3 is 0 Å². The van der Waals surface area contributed by atoms with E-state index >= 15 is 0 Å². The van der Waals surface area contributed by atoms with Crippen molar-refractivity contribution in [3.8, 4) is 0 Å². The highest BCUT2D eigenvalue weighted by atomic mass is 32.2. The van der Waals surface area contributed by atoms with Gasteiger partial charge in [-0.05, 0) is 32.6 Å². The van der Waals surface area contributed by atoms with Gasteiger partial charge in [0.05, 0.1) is 11.8 Å². The molecule has 1 fully saturated rings. The fourth-order valence-corrected chi connectivity index (χ4v) is 4.25. The van der Waals surface area contributed by atoms with Crippen molar-refractivity contribution in [3.63, 3.8) is 0 Å². The van der Waals surface area contributed by atoms with E-state index in [2.05, 4.69) is 25.6 Å². The lowest BCUT2D eigenvalue weighted by Crippen LogP contribution is -2.38. The van der Waals surface area contributed by atoms with Gasteiger partial charge in [-0.15, -0.1) is 10.2 Å². The molecule has 2 heterocycles. The molecule has 1 aliphatic rings. The van der Waals surface area contributed by atoms with Crippen molar-refractivity contribution in [2.24, 2.45) is 0 Å². The molecule has 1 N–H and O–H groups in total. The second-order valence-corrected chi connectivity index (χ2v) is 7.73. The van der Waals surface area contributed by atoms with Gasteiger partial charge in [0.25, 0.3) is 0 Å². The fraction of sp³-hybridized carbons (Fsp3) is 0.615. The first kappa shape index (κ1) is 15.4. The van der Waals surface area contributed by atoms with E-state index < -0.39 is 0 Å². The first-order valence-corrected chi connectivity index (χ1v) is 9.07. The lowest BCUT2D eigenvalue weighted by molar-refractivity contribution is -0.119. The number of hydrogen-bond acceptors (Lipinski definition) is 7. The first-order chi connectivity index (χ1) is 10.7. The van der Waals surface area contributed by atoms with Gasteiger partial charge in [0.1, 0.15) is 17.7 Å². The molecule has 22 heavy (non-hydrogen) atoms. The Morgan fingerprint density at radius 1 is 1.41 bits per heavy atom. The van der Waals surface area contributed by atoms with Gasteiger partial charge in [-0.1, -0.05) is 23.1 Å². The van der Waals surface area contributed by atoms with Crippen molar-refractivity contribution in [3.05, 3.63) is 17.7 Å². The molecule has 1 aliphatic carbocycles. The van der Waals surface area contributed by atoms with Crippen LogP contribution in [0.5, 0.6) is 0 Å². The Morgan fingerprint density at radius 2 is 2.23 bits per heavy atom. The lowest BCUT2D eigenvalue weighted by atomic mass is 9.91. The van der Waals surface area contributed by atoms with Crippen molar-refractivity contribution in [1.29, 1.82) is 0 Å². The maximum Gasteiger partial charge on any atom is 0.230 e. The van der Waals surface area contributed by atoms with E-state index in [1.807, 2.05) is 11.6 Å². The van der Waals surface area contributed by atoms with E-state index in [-0.39, 0.29) is 11.9 Å². The van der Waals surface area contributed by atoms with Gasteiger partial charge in [0.2, 0.25) is 5.91 Å². The predicted molar refractivity (Wildman–Crippen MR) is 84.8 cm³/mol. The van der Waals surface area contributed by atoms with Crippen LogP contribution in [0, 0.1) is 6.92 Å². The summed E-state index contributed by atoms with van der Waals surface area (Å²) in [5.74, 6) is 0.472. The molecule has 0 atom stereocenters. The van der Waals surface area contributed by atoms with Crippen LogP contribution in [0.15, 0.2) is 17.0 Å². The second-order valence-electron chi connectivity index (χ2n) is 5.32. The zero-order chi connectivity index (χ0) is 15.4. The number of thioether (sulfide) groups is 1. The molecule has 2 aromatic rings. The van der Waals surface area contributed by atoms with Gasteiger partial charge < -0.3 is 5.32 Å². The molecule has 2 aromatic heterocycles. The summed E-state index contributed by atoms with van der Waals surface area (Å²) in [4.78, 5) is 16.0. The minimum Gasteiger partial charge on any atom is -0.353 e. The van der Waals surface area contributed by atoms with Crippen LogP contribution < -0.4 is 5.32 Å². The average Bonchev–Trinajstić information content (AvgIpc) is 3.17. The van der Waals surface area contributed by atoms with Crippen molar-refractivity contribution >= 4 is 29.0 Å². The minimum atomic E-state index is 0.0714. The number of nitrogens with one attached hydrogen (secondary N) is 1. The van der Waals surface area contributed by atoms with Crippen LogP contribution in [0.1, 0.15) is 36.7 Å². The molecule has 0 aromatic carbocycles. The number of nitrogens with zero attached hydrogens (tertiary/aromatic N) is 5. The van der Waals surface area contributed by atoms with Gasteiger partial charge in [-0.3, -0.25) is 4.79 Å². The van der Waals surface area contributed by atoms with E-state index in [0.717, 1.165) is 35.0 Å². The summed E-state index contributed by atoms with van der Waals surface area (Å²) >= 11 is 2.97. The molecule has 118 valence electrons. The van der Waals surface area contributed by atoms with Crippen LogP contribution in [-0.4, -0.2) is 42.7 Å². The van der Waals surface area contributed by atoms with E-state index in [1.165, 1.54) is 23.1 Å². The SMILES string of the molecule is Cc1nnc(SCC(=O)NC2CCC(n3cncn3)CC2)s1. The Morgan fingerprint density at radius 3 is 2.86 bits per heavy atom. The number of amides is 1. The molecule has 7 nitrogen and oxygen atoms in total. The normalized spacial score (nSPS) is 21.7. The molecule has 0 unspecified atom stereocenters. The van der Waals surface area contributed by atoms with Crippen LogP contribution in [0.3, 0.4) is 0 Å². The minimum absolute atomic E-state index is 0.0714. The third kappa shape index (κ3) is 4.04. The Kier molecular flexibility index (Phi) is 5.04. The van der Waals surface area contributed by atoms with Gasteiger partial charge in [0, 0.05) is 6.04 Å². The number of rotatable bonds is 5. The average molecular weight is 338 g/mol. The topological polar surface area (TPSA) is 85.6 Å². The van der Waals surface area contributed by atoms with E-state index in [1.54, 1.807) is 12.7 Å². The highest BCUT2D eigenvalue weighted by molar-refractivity contribution is 8.01. The Labute approximate surface area is 136 Å². The monoisotopic (exact) mass is 338 g/mol. The quantitative estimate of drug-likeness (QED) is 0.837. The van der Waals surface area contributed by atoms with Crippen molar-refractivity contribution < 1.29 is 4.79 Å². The van der Waals surface area contributed by atoms with Crippen molar-refractivity contribution in [2.45, 2.75) is 49.0 Å². The van der Waals surface area contributed by atoms with Crippen LogP contribution in [0.2, 0.25) is 0 Å². The Bertz CT molecular complexity index is 606. The summed E-state index contributed by atoms with van der Waals surface area (Å²) in [5.41, 5.74) is 0. The third-order valence-electron chi connectivity index (χ3n) is 3.71. The predicted octanol–water partition coefficient (Wildman–Crippen LogP) is 1.83. The first-order valence-electron chi connectivity index (χ1n) is 7.27. The molecule has 1 saturated carbocycles. The number of aromatic nitrogens is 5. The van der Waals surface area contributed by atoms with Crippen LogP contribution in [-0.2, 0) is 4.79 Å². The molecular formula is C13H18N6OS2. The van der Waals surface area contributed by atoms with Crippen LogP contribution in [0.25, 0.3) is 0 Å². The molecule has 0 spiro atoms. The summed E-state index contributed by atoms with van der Waals surface area (Å²) < 4.78 is 2.77. The molecule has 0 saturated heterocycles. The maximum atomic E-state index is 12.0. The third-order valence-corrected chi connectivity index (χ3v) is 5.68. The number of carbonyl (C=O) groups excluding carboxylic acids is 1. The number of aryl methyl sites for hydroxylation is 1. The fourth-order valence-electron chi connectivity index (χ4n) is 2.62. The smallest absolute Gasteiger partial charge is 0.230 e. The molecule has 3 rings (SSSR count). The summed E-state index contributed by atoms with van der Waals surface area (Å²) in [6.07, 6.45) is 7.36. The largest absolute Gasteiger partial charge is 0.353 e. The molecule has 1 amide bonds. The van der Waals surface area contributed by atoms with E-state index in [4.69, 9.17) is 0 Å². The standard InChI is InChI=1S/C13H18N6OS2/c1-9-17-18-13(22-9)21-6-12(20)16-10-2-4-11(5-3-10)19-8-14-7-15-19/h7-8,10-11H,2-6H2,1H3,(H,16,20). The van der Waals surface area contributed by atoms with Crippen molar-refractivity contribution in [1.82, 2.24) is 30.3 Å². The van der Waals surface area contributed by atoms with Crippen LogP contribution in [0.4, 0.5) is 0 Å². The summed E-state index contributed by atoms with van der Waals surface area (Å²) in [6, 6.07) is 0.679. The molecule has 0 aliphatic heterocycles. The highest BCUT2D eigenvalue weighted by Gasteiger charge is 2.23. The molecule has 9 heteroatoms. The second kappa shape index (κ2) is 7.19. The lowest BCUT2D eigenvalue weighted by Gasteiger charge is -2.28. The van der Waals surface area contributed by atoms with E-state index in [9.17, 15) is 4.79 Å². The zero-order valence-corrected chi connectivity index (χ0v) is 13.9. The molecule has 0 radical (unpaired) electrons. The number of hydrogen-bond donors (Lipinski definition) is 1. The van der Waals surface area contributed by atoms with Gasteiger partial charge in [-0.2, -0.15) is 5.10 Å². The zero-order valence-electron chi connectivity index (χ0n) is 12.3. The van der Waals surface area contributed by atoms with Crippen molar-refractivity contribution in [2.75, 3.05) is 5.75 Å². The van der Waals surface area contributed by atoms with Gasteiger partial charge in [-0.25, -0.2) is 9.67 Å². The Balaban J connectivity index is 1.39. The number of carbonyl (C=O) groups is 1. The highest BCUT2D eigenvalue weighted by Crippen LogP contribution is 2.28. The summed E-state index contributed by atoms with van der Waals surface area (Å²) in [5, 5.41) is 16.2. The molecular weight excluding hydrogens is 320 g/mol.